The first-order valence-corrected chi connectivity index (χ1v) is 10.3. The van der Waals surface area contributed by atoms with E-state index in [9.17, 15) is 14.4 Å². The maximum atomic E-state index is 13.6. The Bertz CT molecular complexity index is 1460. The molecule has 0 spiro atoms. The quantitative estimate of drug-likeness (QED) is 0.609. The zero-order chi connectivity index (χ0) is 21.5. The highest BCUT2D eigenvalue weighted by Gasteiger charge is 2.44. The van der Waals surface area contributed by atoms with Gasteiger partial charge in [0.1, 0.15) is 6.04 Å². The summed E-state index contributed by atoms with van der Waals surface area (Å²) >= 11 is 0. The maximum Gasteiger partial charge on any atom is 0.277 e. The molecule has 0 bridgehead atoms. The van der Waals surface area contributed by atoms with Gasteiger partial charge in [-0.1, -0.05) is 32.0 Å². The van der Waals surface area contributed by atoms with Crippen LogP contribution in [0.2, 0.25) is 0 Å². The van der Waals surface area contributed by atoms with Crippen molar-refractivity contribution in [1.29, 1.82) is 0 Å². The van der Waals surface area contributed by atoms with E-state index in [0.717, 1.165) is 0 Å². The van der Waals surface area contributed by atoms with E-state index in [1.54, 1.807) is 36.4 Å². The summed E-state index contributed by atoms with van der Waals surface area (Å²) in [5.74, 6) is 1.15. The predicted molar refractivity (Wildman–Crippen MR) is 114 cm³/mol. The van der Waals surface area contributed by atoms with Crippen molar-refractivity contribution in [3.8, 4) is 11.5 Å². The minimum atomic E-state index is -0.682. The Kier molecular flexibility index (Phi) is 3.50. The van der Waals surface area contributed by atoms with Crippen molar-refractivity contribution in [2.75, 3.05) is 6.79 Å². The number of nitrogens with zero attached hydrogens (tertiary/aromatic N) is 2. The fraction of sp³-hybridized carbons (Fsp3) is 0.292. The Balaban J connectivity index is 1.71. The molecule has 0 saturated heterocycles. The molecule has 1 unspecified atom stereocenters. The van der Waals surface area contributed by atoms with Gasteiger partial charge in [-0.2, -0.15) is 0 Å². The summed E-state index contributed by atoms with van der Waals surface area (Å²) in [6.07, 6.45) is 0.900. The molecule has 0 saturated carbocycles. The van der Waals surface area contributed by atoms with Crippen LogP contribution in [0, 0.1) is 5.41 Å². The lowest BCUT2D eigenvalue weighted by Gasteiger charge is -2.30. The second-order valence-corrected chi connectivity index (χ2v) is 9.13. The van der Waals surface area contributed by atoms with Gasteiger partial charge in [0.2, 0.25) is 6.79 Å². The summed E-state index contributed by atoms with van der Waals surface area (Å²) in [6.45, 7) is 4.15. The van der Waals surface area contributed by atoms with Crippen molar-refractivity contribution >= 4 is 22.3 Å². The van der Waals surface area contributed by atoms with Crippen LogP contribution in [0.25, 0.3) is 16.5 Å². The Morgan fingerprint density at radius 1 is 0.903 bits per heavy atom. The van der Waals surface area contributed by atoms with Gasteiger partial charge in [-0.3, -0.25) is 14.4 Å². The minimum Gasteiger partial charge on any atom is -0.454 e. The zero-order valence-electron chi connectivity index (χ0n) is 17.2. The summed E-state index contributed by atoms with van der Waals surface area (Å²) in [4.78, 5) is 40.5. The number of benzene rings is 2. The number of hydrogen-bond donors (Lipinski definition) is 0. The Hall–Kier alpha value is -3.61. The standard InChI is InChI=1S/C24H20N2O5/c1-24(2)10-16-20(17(27)11-24)21(13-7-8-18-19(9-13)31-12-30-18)26-23(29)15-6-4-3-5-14(15)22(28)25(16)26/h3-9,21H,10-12H2,1-2H3. The van der Waals surface area contributed by atoms with Crippen LogP contribution in [-0.2, 0) is 4.79 Å². The number of ketones is 1. The molecule has 7 heteroatoms. The molecule has 0 N–H and O–H groups in total. The summed E-state index contributed by atoms with van der Waals surface area (Å²) in [6, 6.07) is 11.5. The molecule has 7 nitrogen and oxygen atoms in total. The minimum absolute atomic E-state index is 0.0343. The van der Waals surface area contributed by atoms with Crippen molar-refractivity contribution in [3.05, 3.63) is 74.3 Å². The molecule has 31 heavy (non-hydrogen) atoms. The molecule has 1 atom stereocenters. The van der Waals surface area contributed by atoms with Crippen LogP contribution in [-0.4, -0.2) is 21.9 Å². The predicted octanol–water partition coefficient (Wildman–Crippen LogP) is 3.10. The van der Waals surface area contributed by atoms with Crippen LogP contribution < -0.4 is 20.6 Å². The number of ether oxygens (including phenoxy) is 2. The van der Waals surface area contributed by atoms with Crippen molar-refractivity contribution in [3.63, 3.8) is 0 Å². The first-order chi connectivity index (χ1) is 14.9. The van der Waals surface area contributed by atoms with Gasteiger partial charge in [-0.05, 0) is 41.7 Å². The molecule has 1 aliphatic carbocycles. The number of hydrogen-bond acceptors (Lipinski definition) is 5. The summed E-state index contributed by atoms with van der Waals surface area (Å²) in [7, 11) is 0. The topological polar surface area (TPSA) is 79.5 Å². The Labute approximate surface area is 177 Å². The van der Waals surface area contributed by atoms with Gasteiger partial charge in [0, 0.05) is 12.0 Å². The number of allylic oxidation sites excluding steroid dienone is 2. The summed E-state index contributed by atoms with van der Waals surface area (Å²) < 4.78 is 13.8. The monoisotopic (exact) mass is 416 g/mol. The highest BCUT2D eigenvalue weighted by Crippen LogP contribution is 2.47. The van der Waals surface area contributed by atoms with E-state index in [4.69, 9.17) is 9.47 Å². The molecular weight excluding hydrogens is 396 g/mol. The lowest BCUT2D eigenvalue weighted by molar-refractivity contribution is -0.118. The van der Waals surface area contributed by atoms with Crippen molar-refractivity contribution < 1.29 is 14.3 Å². The number of carbonyl (C=O) groups excluding carboxylic acids is 1. The maximum absolute atomic E-state index is 13.6. The van der Waals surface area contributed by atoms with Crippen LogP contribution in [0.1, 0.15) is 38.3 Å². The van der Waals surface area contributed by atoms with Crippen LogP contribution >= 0.6 is 0 Å². The third kappa shape index (κ3) is 2.43. The number of carbonyl (C=O) groups is 1. The zero-order valence-corrected chi connectivity index (χ0v) is 17.2. The van der Waals surface area contributed by atoms with Gasteiger partial charge in [0.05, 0.1) is 16.5 Å². The largest absolute Gasteiger partial charge is 0.454 e. The van der Waals surface area contributed by atoms with E-state index in [1.165, 1.54) is 9.36 Å². The van der Waals surface area contributed by atoms with Crippen molar-refractivity contribution in [1.82, 2.24) is 9.36 Å². The highest BCUT2D eigenvalue weighted by molar-refractivity contribution is 6.04. The molecule has 2 aliphatic heterocycles. The molecule has 2 aromatic carbocycles. The van der Waals surface area contributed by atoms with Crippen LogP contribution in [0.15, 0.2) is 57.6 Å². The van der Waals surface area contributed by atoms with Crippen molar-refractivity contribution in [2.45, 2.75) is 32.7 Å². The van der Waals surface area contributed by atoms with Crippen LogP contribution in [0.5, 0.6) is 11.5 Å². The number of aromatic nitrogens is 2. The van der Waals surface area contributed by atoms with Gasteiger partial charge in [-0.25, -0.2) is 9.36 Å². The lowest BCUT2D eigenvalue weighted by Crippen LogP contribution is -2.37. The van der Waals surface area contributed by atoms with Gasteiger partial charge in [-0.15, -0.1) is 0 Å². The average molecular weight is 416 g/mol. The Morgan fingerprint density at radius 2 is 1.61 bits per heavy atom. The molecule has 0 fully saturated rings. The van der Waals surface area contributed by atoms with Crippen LogP contribution in [0.4, 0.5) is 0 Å². The number of Topliss-reactive ketones (excluding diaryl/α,β-unsaturated/α-hetero) is 1. The Morgan fingerprint density at radius 3 is 2.39 bits per heavy atom. The molecule has 3 heterocycles. The van der Waals surface area contributed by atoms with E-state index >= 15 is 0 Å². The summed E-state index contributed by atoms with van der Waals surface area (Å²) in [5.41, 5.74) is 0.984. The van der Waals surface area contributed by atoms with E-state index in [0.29, 0.717) is 51.9 Å². The summed E-state index contributed by atoms with van der Waals surface area (Å²) in [5, 5.41) is 0.707. The third-order valence-electron chi connectivity index (χ3n) is 6.39. The fourth-order valence-electron chi connectivity index (χ4n) is 5.08. The first-order valence-electron chi connectivity index (χ1n) is 10.3. The normalized spacial score (nSPS) is 20.8. The SMILES string of the molecule is CC1(C)CC(=O)C2=C(C1)n1c(=O)c3ccccc3c(=O)n1C2c1ccc2c(c1)OCO2. The third-order valence-corrected chi connectivity index (χ3v) is 6.39. The molecule has 0 amide bonds. The molecular formula is C24H20N2O5. The first kappa shape index (κ1) is 18.2. The van der Waals surface area contributed by atoms with Gasteiger partial charge < -0.3 is 9.47 Å². The number of rotatable bonds is 1. The molecule has 3 aliphatic rings. The van der Waals surface area contributed by atoms with E-state index < -0.39 is 6.04 Å². The second-order valence-electron chi connectivity index (χ2n) is 9.13. The second kappa shape index (κ2) is 5.97. The van der Waals surface area contributed by atoms with E-state index in [-0.39, 0.29) is 29.1 Å². The molecule has 0 radical (unpaired) electrons. The lowest BCUT2D eigenvalue weighted by atomic mass is 9.74. The number of fused-ring (bicyclic) bond motifs is 4. The molecule has 6 rings (SSSR count). The smallest absolute Gasteiger partial charge is 0.277 e. The van der Waals surface area contributed by atoms with Crippen LogP contribution in [0.3, 0.4) is 0 Å². The fourth-order valence-corrected chi connectivity index (χ4v) is 5.08. The van der Waals surface area contributed by atoms with Crippen molar-refractivity contribution in [2.24, 2.45) is 5.41 Å². The van der Waals surface area contributed by atoms with E-state index in [2.05, 4.69) is 0 Å². The van der Waals surface area contributed by atoms with Gasteiger partial charge in [0.25, 0.3) is 11.1 Å². The molecule has 3 aromatic rings. The van der Waals surface area contributed by atoms with E-state index in [1.807, 2.05) is 19.9 Å². The molecule has 1 aromatic heterocycles. The van der Waals surface area contributed by atoms with Gasteiger partial charge >= 0.3 is 0 Å². The highest BCUT2D eigenvalue weighted by atomic mass is 16.7. The molecule has 156 valence electrons. The average Bonchev–Trinajstić information content (AvgIpc) is 3.33. The van der Waals surface area contributed by atoms with Gasteiger partial charge in [0.15, 0.2) is 17.3 Å².